The lowest BCUT2D eigenvalue weighted by Crippen LogP contribution is -2.48. The van der Waals surface area contributed by atoms with E-state index in [0.717, 1.165) is 19.5 Å². The highest BCUT2D eigenvalue weighted by Crippen LogP contribution is 2.27. The van der Waals surface area contributed by atoms with Crippen molar-refractivity contribution in [3.8, 4) is 0 Å². The highest BCUT2D eigenvalue weighted by molar-refractivity contribution is 5.88. The Hall–Kier alpha value is -3.89. The molecular formula is C27H31F2N7O2. The summed E-state index contributed by atoms with van der Waals surface area (Å²) in [6.45, 7) is 5.15. The van der Waals surface area contributed by atoms with Crippen molar-refractivity contribution in [2.24, 2.45) is 0 Å². The molecule has 2 aliphatic rings. The van der Waals surface area contributed by atoms with E-state index in [0.29, 0.717) is 22.6 Å². The molecule has 1 aromatic carbocycles. The number of hydrogen-bond donors (Lipinski definition) is 1. The fraction of sp³-hybridized carbons (Fsp3) is 0.444. The van der Waals surface area contributed by atoms with E-state index in [1.54, 1.807) is 30.5 Å². The van der Waals surface area contributed by atoms with Gasteiger partial charge < -0.3 is 15.1 Å². The molecule has 2 aromatic heterocycles. The molecule has 2 fully saturated rings. The third kappa shape index (κ3) is 5.36. The first-order valence-electron chi connectivity index (χ1n) is 12.9. The molecule has 2 amide bonds. The fourth-order valence-corrected chi connectivity index (χ4v) is 4.84. The van der Waals surface area contributed by atoms with E-state index < -0.39 is 36.0 Å². The first-order chi connectivity index (χ1) is 18.3. The van der Waals surface area contributed by atoms with Gasteiger partial charge in [-0.15, -0.1) is 5.10 Å². The number of aromatic nitrogens is 4. The van der Waals surface area contributed by atoms with E-state index in [-0.39, 0.29) is 25.4 Å². The van der Waals surface area contributed by atoms with Crippen LogP contribution in [0.2, 0.25) is 0 Å². The van der Waals surface area contributed by atoms with Crippen LogP contribution in [-0.2, 0) is 16.1 Å². The summed E-state index contributed by atoms with van der Waals surface area (Å²) < 4.78 is 29.3. The molecule has 200 valence electrons. The van der Waals surface area contributed by atoms with E-state index in [9.17, 15) is 18.4 Å². The average molecular weight is 524 g/mol. The smallest absolute Gasteiger partial charge is 0.246 e. The van der Waals surface area contributed by atoms with Gasteiger partial charge in [-0.25, -0.2) is 9.37 Å². The standard InChI is InChI=1S/C27H31F2N7O2/c1-17(2)20-9-10-21(31-26(20)29)25(18-7-4-3-5-8-18)32-27(38)22-13-19(28)15-35(22)24(37)16-36-30-14-23(33-36)34-11-6-12-34/h3-5,7-10,14,17,19,22,25H,6,11-13,15-16H2,1-2H3,(H,32,38). The molecule has 1 N–H and O–H groups in total. The third-order valence-corrected chi connectivity index (χ3v) is 7.09. The van der Waals surface area contributed by atoms with Crippen LogP contribution in [0.25, 0.3) is 0 Å². The monoisotopic (exact) mass is 523 g/mol. The van der Waals surface area contributed by atoms with Crippen molar-refractivity contribution in [2.75, 3.05) is 24.5 Å². The zero-order chi connectivity index (χ0) is 26.8. The Kier molecular flexibility index (Phi) is 7.35. The van der Waals surface area contributed by atoms with Crippen LogP contribution in [0.1, 0.15) is 55.5 Å². The number of nitrogens with zero attached hydrogens (tertiary/aromatic N) is 6. The van der Waals surface area contributed by atoms with Crippen molar-refractivity contribution in [3.05, 3.63) is 71.4 Å². The van der Waals surface area contributed by atoms with Crippen LogP contribution in [0.15, 0.2) is 48.7 Å². The van der Waals surface area contributed by atoms with Crippen molar-refractivity contribution in [2.45, 2.75) is 57.4 Å². The topological polar surface area (TPSA) is 96.2 Å². The van der Waals surface area contributed by atoms with E-state index in [1.807, 2.05) is 36.9 Å². The van der Waals surface area contributed by atoms with Crippen molar-refractivity contribution < 1.29 is 18.4 Å². The molecule has 0 bridgehead atoms. The van der Waals surface area contributed by atoms with E-state index in [2.05, 4.69) is 20.5 Å². The Labute approximate surface area is 219 Å². The van der Waals surface area contributed by atoms with Gasteiger partial charge >= 0.3 is 0 Å². The number of amides is 2. The molecule has 38 heavy (non-hydrogen) atoms. The number of alkyl halides is 1. The van der Waals surface area contributed by atoms with E-state index >= 15 is 0 Å². The molecule has 0 aliphatic carbocycles. The molecule has 0 spiro atoms. The number of rotatable bonds is 8. The maximum Gasteiger partial charge on any atom is 0.246 e. The summed E-state index contributed by atoms with van der Waals surface area (Å²) in [5.74, 6) is -0.933. The second-order valence-electron chi connectivity index (χ2n) is 10.1. The summed E-state index contributed by atoms with van der Waals surface area (Å²) in [5, 5.41) is 11.4. The number of carbonyl (C=O) groups excluding carboxylic acids is 2. The van der Waals surface area contributed by atoms with Crippen LogP contribution >= 0.6 is 0 Å². The van der Waals surface area contributed by atoms with Crippen molar-refractivity contribution in [3.63, 3.8) is 0 Å². The number of benzene rings is 1. The summed E-state index contributed by atoms with van der Waals surface area (Å²) in [5.41, 5.74) is 1.49. The van der Waals surface area contributed by atoms with Gasteiger partial charge in [-0.3, -0.25) is 9.59 Å². The molecule has 9 nitrogen and oxygen atoms in total. The number of hydrogen-bond acceptors (Lipinski definition) is 6. The van der Waals surface area contributed by atoms with Gasteiger partial charge in [-0.1, -0.05) is 50.2 Å². The van der Waals surface area contributed by atoms with Gasteiger partial charge in [0.25, 0.3) is 0 Å². The van der Waals surface area contributed by atoms with Gasteiger partial charge in [0.05, 0.1) is 24.5 Å². The van der Waals surface area contributed by atoms with Crippen molar-refractivity contribution in [1.82, 2.24) is 30.2 Å². The summed E-state index contributed by atoms with van der Waals surface area (Å²) in [4.78, 5) is 35.3. The zero-order valence-corrected chi connectivity index (χ0v) is 21.4. The normalized spacial score (nSPS) is 19.9. The molecule has 2 aliphatic heterocycles. The molecule has 0 saturated carbocycles. The van der Waals surface area contributed by atoms with Gasteiger partial charge in [0, 0.05) is 25.1 Å². The Morgan fingerprint density at radius 1 is 1.13 bits per heavy atom. The summed E-state index contributed by atoms with van der Waals surface area (Å²) in [7, 11) is 0. The molecule has 3 unspecified atom stereocenters. The number of carbonyl (C=O) groups is 2. The fourth-order valence-electron chi connectivity index (χ4n) is 4.84. The Balaban J connectivity index is 1.34. The maximum absolute atomic E-state index is 14.8. The van der Waals surface area contributed by atoms with Gasteiger partial charge in [0.15, 0.2) is 5.82 Å². The first-order valence-corrected chi connectivity index (χ1v) is 12.9. The van der Waals surface area contributed by atoms with Gasteiger partial charge in [0.2, 0.25) is 17.8 Å². The predicted molar refractivity (Wildman–Crippen MR) is 137 cm³/mol. The van der Waals surface area contributed by atoms with E-state index in [1.165, 1.54) is 9.70 Å². The average Bonchev–Trinajstić information content (AvgIpc) is 3.48. The Bertz CT molecular complexity index is 1300. The maximum atomic E-state index is 14.8. The minimum absolute atomic E-state index is 0.0490. The first kappa shape index (κ1) is 25.7. The molecule has 4 heterocycles. The van der Waals surface area contributed by atoms with Crippen LogP contribution in [0.4, 0.5) is 14.6 Å². The second kappa shape index (κ2) is 10.8. The van der Waals surface area contributed by atoms with Crippen LogP contribution in [0.5, 0.6) is 0 Å². The number of likely N-dealkylation sites (tertiary alicyclic amines) is 1. The van der Waals surface area contributed by atoms with Crippen molar-refractivity contribution in [1.29, 1.82) is 0 Å². The molecule has 2 saturated heterocycles. The number of halogens is 2. The Morgan fingerprint density at radius 2 is 1.89 bits per heavy atom. The zero-order valence-electron chi connectivity index (χ0n) is 21.4. The van der Waals surface area contributed by atoms with Gasteiger partial charge in [-0.05, 0) is 24.0 Å². The van der Waals surface area contributed by atoms with Crippen molar-refractivity contribution >= 4 is 17.6 Å². The van der Waals surface area contributed by atoms with Crippen LogP contribution in [0.3, 0.4) is 0 Å². The number of anilines is 1. The summed E-state index contributed by atoms with van der Waals surface area (Å²) in [6.07, 6.45) is 1.22. The minimum atomic E-state index is -1.34. The quantitative estimate of drug-likeness (QED) is 0.456. The lowest BCUT2D eigenvalue weighted by atomic mass is 9.99. The van der Waals surface area contributed by atoms with Crippen LogP contribution in [-0.4, -0.2) is 68.5 Å². The SMILES string of the molecule is CC(C)c1ccc(C(NC(=O)C2CC(F)CN2C(=O)Cn2ncc(N3CCC3)n2)c2ccccc2)nc1F. The molecular weight excluding hydrogens is 492 g/mol. The lowest BCUT2D eigenvalue weighted by Gasteiger charge is -2.30. The molecule has 0 radical (unpaired) electrons. The van der Waals surface area contributed by atoms with Gasteiger partial charge in [0.1, 0.15) is 18.8 Å². The van der Waals surface area contributed by atoms with Crippen LogP contribution in [0, 0.1) is 5.95 Å². The molecule has 11 heteroatoms. The molecule has 3 aromatic rings. The summed E-state index contributed by atoms with van der Waals surface area (Å²) >= 11 is 0. The number of nitrogens with one attached hydrogen (secondary N) is 1. The minimum Gasteiger partial charge on any atom is -0.354 e. The van der Waals surface area contributed by atoms with Crippen LogP contribution < -0.4 is 10.2 Å². The van der Waals surface area contributed by atoms with E-state index in [4.69, 9.17) is 0 Å². The largest absolute Gasteiger partial charge is 0.354 e. The highest BCUT2D eigenvalue weighted by Gasteiger charge is 2.41. The Morgan fingerprint density at radius 3 is 2.55 bits per heavy atom. The predicted octanol–water partition coefficient (Wildman–Crippen LogP) is 2.99. The molecule has 3 atom stereocenters. The third-order valence-electron chi connectivity index (χ3n) is 7.09. The summed E-state index contributed by atoms with van der Waals surface area (Å²) in [6, 6.07) is 10.6. The molecule has 5 rings (SSSR count). The second-order valence-corrected chi connectivity index (χ2v) is 10.1. The number of pyridine rings is 1. The highest BCUT2D eigenvalue weighted by atomic mass is 19.1. The lowest BCUT2D eigenvalue weighted by molar-refractivity contribution is -0.139. The van der Waals surface area contributed by atoms with Gasteiger partial charge in [-0.2, -0.15) is 14.3 Å².